The Labute approximate surface area is 282 Å². The van der Waals surface area contributed by atoms with E-state index in [0.717, 1.165) is 0 Å². The van der Waals surface area contributed by atoms with E-state index in [1.54, 1.807) is 12.1 Å². The highest BCUT2D eigenvalue weighted by molar-refractivity contribution is 9.11. The second-order valence-electron chi connectivity index (χ2n) is 11.2. The van der Waals surface area contributed by atoms with Crippen LogP contribution in [0.15, 0.2) is 45.3 Å². The van der Waals surface area contributed by atoms with Crippen molar-refractivity contribution >= 4 is 122 Å². The Bertz CT molecular complexity index is 2290. The number of rotatable bonds is 8. The molecule has 0 bridgehead atoms. The van der Waals surface area contributed by atoms with Gasteiger partial charge in [0.15, 0.2) is 0 Å². The monoisotopic (exact) mass is 778 g/mol. The van der Waals surface area contributed by atoms with Gasteiger partial charge in [0.25, 0.3) is 23.6 Å². The van der Waals surface area contributed by atoms with Gasteiger partial charge in [-0.15, -0.1) is 0 Å². The van der Waals surface area contributed by atoms with Crippen molar-refractivity contribution in [1.29, 1.82) is 0 Å². The van der Waals surface area contributed by atoms with Crippen molar-refractivity contribution in [3.05, 3.63) is 67.6 Å². The second-order valence-corrected chi connectivity index (χ2v) is 13.0. The van der Waals surface area contributed by atoms with Crippen LogP contribution in [-0.4, -0.2) is 89.8 Å². The minimum atomic E-state index is -1.98. The average Bonchev–Trinajstić information content (AvgIpc) is 3.01. The van der Waals surface area contributed by atoms with Gasteiger partial charge in [-0.25, -0.2) is 9.59 Å². The number of aliphatic carboxylic acids is 4. The number of halogens is 2. The van der Waals surface area contributed by atoms with Gasteiger partial charge in [0.1, 0.15) is 12.1 Å². The van der Waals surface area contributed by atoms with Crippen molar-refractivity contribution in [3.8, 4) is 0 Å². The van der Waals surface area contributed by atoms with Crippen molar-refractivity contribution in [2.45, 2.75) is 24.9 Å². The molecule has 240 valence electrons. The summed E-state index contributed by atoms with van der Waals surface area (Å²) in [6, 6.07) is 4.71. The highest BCUT2D eigenvalue weighted by Gasteiger charge is 2.45. The zero-order valence-electron chi connectivity index (χ0n) is 23.7. The highest BCUT2D eigenvalue weighted by Crippen LogP contribution is 2.50. The summed E-state index contributed by atoms with van der Waals surface area (Å²) in [4.78, 5) is 103. The van der Waals surface area contributed by atoms with Crippen LogP contribution in [0.1, 0.15) is 54.3 Å². The summed E-state index contributed by atoms with van der Waals surface area (Å²) in [6.45, 7) is 0. The molecule has 14 nitrogen and oxygen atoms in total. The third-order valence-corrected chi connectivity index (χ3v) is 9.98. The Morgan fingerprint density at radius 3 is 1.17 bits per heavy atom. The van der Waals surface area contributed by atoms with Crippen LogP contribution in [-0.2, 0) is 19.2 Å². The van der Waals surface area contributed by atoms with Gasteiger partial charge >= 0.3 is 23.9 Å². The lowest BCUT2D eigenvalue weighted by molar-refractivity contribution is -0.148. The van der Waals surface area contributed by atoms with Gasteiger partial charge < -0.3 is 20.4 Å². The second kappa shape index (κ2) is 10.5. The average molecular weight is 780 g/mol. The fourth-order valence-corrected chi connectivity index (χ4v) is 8.16. The van der Waals surface area contributed by atoms with Crippen LogP contribution in [0.5, 0.6) is 0 Å². The number of carboxylic acid groups (broad SMARTS) is 4. The van der Waals surface area contributed by atoms with Crippen LogP contribution in [0, 0.1) is 0 Å². The van der Waals surface area contributed by atoms with Crippen LogP contribution in [0.25, 0.3) is 43.1 Å². The quantitative estimate of drug-likeness (QED) is 0.0983. The zero-order chi connectivity index (χ0) is 34.7. The van der Waals surface area contributed by atoms with Gasteiger partial charge in [0.05, 0.1) is 12.8 Å². The molecule has 7 rings (SSSR count). The van der Waals surface area contributed by atoms with Crippen molar-refractivity contribution in [2.75, 3.05) is 0 Å². The molecule has 16 heteroatoms. The van der Waals surface area contributed by atoms with Gasteiger partial charge in [0, 0.05) is 63.5 Å². The SMILES string of the molecule is O=C(O)C[C@@H](C(=O)O)N1C(=O)c2ccc3c4c(Br)cc5c6c(ccc(c7c(Br)cc(c2c37)C1=O)c64)C(=O)N([C@@H](CC(=O)O)C(=O)O)C5=O. The van der Waals surface area contributed by atoms with Crippen LogP contribution in [0.2, 0.25) is 0 Å². The van der Waals surface area contributed by atoms with Crippen molar-refractivity contribution in [2.24, 2.45) is 0 Å². The number of hydrogen-bond donors (Lipinski definition) is 4. The molecule has 0 aliphatic carbocycles. The van der Waals surface area contributed by atoms with Gasteiger partial charge in [-0.2, -0.15) is 0 Å². The third-order valence-electron chi connectivity index (χ3n) is 8.73. The van der Waals surface area contributed by atoms with Gasteiger partial charge in [0.2, 0.25) is 0 Å². The number of fused-ring (bicyclic) bond motifs is 2. The molecule has 48 heavy (non-hydrogen) atoms. The molecule has 0 spiro atoms. The molecular weight excluding hydrogens is 764 g/mol. The molecule has 0 aromatic heterocycles. The van der Waals surface area contributed by atoms with Gasteiger partial charge in [-0.1, -0.05) is 44.0 Å². The number of carboxylic acids is 4. The lowest BCUT2D eigenvalue weighted by atomic mass is 9.82. The maximum atomic E-state index is 13.8. The molecule has 0 radical (unpaired) electrons. The minimum Gasteiger partial charge on any atom is -0.481 e. The molecule has 4 N–H and O–H groups in total. The molecule has 0 unspecified atom stereocenters. The van der Waals surface area contributed by atoms with Crippen molar-refractivity contribution < 1.29 is 58.8 Å². The molecule has 2 heterocycles. The summed E-state index contributed by atoms with van der Waals surface area (Å²) in [5, 5.41) is 41.2. The molecule has 0 saturated heterocycles. The van der Waals surface area contributed by atoms with E-state index in [-0.39, 0.29) is 33.0 Å². The van der Waals surface area contributed by atoms with Crippen LogP contribution >= 0.6 is 31.9 Å². The summed E-state index contributed by atoms with van der Waals surface area (Å²) in [6.07, 6.45) is -2.04. The van der Waals surface area contributed by atoms with Gasteiger partial charge in [-0.3, -0.25) is 38.6 Å². The van der Waals surface area contributed by atoms with E-state index < -0.39 is 72.4 Å². The molecule has 0 saturated carbocycles. The van der Waals surface area contributed by atoms with Crippen LogP contribution < -0.4 is 0 Å². The standard InChI is InChI=1S/C32H16Br2N2O12/c33-15-5-14-22-12(28(42)36(30(14)44)18(32(47)48)8-20(39)40)4-2-10-24-16(34)6-13-21-11(3-1-9(25(21)24)23(15)26(10)22)27(41)35(29(13)43)17(31(45)46)7-19(37)38/h1-6,17-18H,7-8H2,(H,37,38)(H,39,40)(H,45,46)(H,47,48)/t17-,18-/m0/s1. The van der Waals surface area contributed by atoms with E-state index in [0.29, 0.717) is 51.1 Å². The van der Waals surface area contributed by atoms with E-state index in [1.807, 2.05) is 0 Å². The summed E-state index contributed by atoms with van der Waals surface area (Å²) in [5.74, 6) is -10.4. The number of amides is 4. The van der Waals surface area contributed by atoms with Gasteiger partial charge in [-0.05, 0) is 35.0 Å². The maximum absolute atomic E-state index is 13.8. The van der Waals surface area contributed by atoms with E-state index in [2.05, 4.69) is 31.9 Å². The predicted octanol–water partition coefficient (Wildman–Crippen LogP) is 4.31. The fourth-order valence-electron chi connectivity index (χ4n) is 6.88. The molecule has 2 aliphatic rings. The number of hydrogen-bond acceptors (Lipinski definition) is 8. The van der Waals surface area contributed by atoms with E-state index in [1.165, 1.54) is 24.3 Å². The van der Waals surface area contributed by atoms with Crippen molar-refractivity contribution in [3.63, 3.8) is 0 Å². The number of benzene rings is 5. The first-order valence-corrected chi connectivity index (χ1v) is 15.5. The third kappa shape index (κ3) is 4.08. The summed E-state index contributed by atoms with van der Waals surface area (Å²) >= 11 is 7.02. The smallest absolute Gasteiger partial charge is 0.327 e. The normalized spacial score (nSPS) is 15.6. The Morgan fingerprint density at radius 1 is 0.521 bits per heavy atom. The molecule has 4 amide bonds. The molecular formula is C32H16Br2N2O12. The van der Waals surface area contributed by atoms with Crippen molar-refractivity contribution in [1.82, 2.24) is 9.80 Å². The number of carbonyl (C=O) groups is 8. The summed E-state index contributed by atoms with van der Waals surface area (Å²) in [7, 11) is 0. The lowest BCUT2D eigenvalue weighted by Crippen LogP contribution is -2.51. The zero-order valence-corrected chi connectivity index (χ0v) is 26.9. The largest absolute Gasteiger partial charge is 0.481 e. The van der Waals surface area contributed by atoms with E-state index in [4.69, 9.17) is 0 Å². The van der Waals surface area contributed by atoms with E-state index in [9.17, 15) is 58.8 Å². The summed E-state index contributed by atoms with van der Waals surface area (Å²) in [5.41, 5.74) is -0.202. The Kier molecular flexibility index (Phi) is 6.82. The fraction of sp³-hybridized carbons (Fsp3) is 0.125. The maximum Gasteiger partial charge on any atom is 0.327 e. The Morgan fingerprint density at radius 2 is 0.854 bits per heavy atom. The first kappa shape index (κ1) is 31.1. The molecule has 0 fully saturated rings. The van der Waals surface area contributed by atoms with E-state index >= 15 is 0 Å². The van der Waals surface area contributed by atoms with Crippen LogP contribution in [0.3, 0.4) is 0 Å². The molecule has 2 atom stereocenters. The Hall–Kier alpha value is -5.48. The first-order valence-electron chi connectivity index (χ1n) is 13.9. The summed E-state index contributed by atoms with van der Waals surface area (Å²) < 4.78 is 0.641. The number of imide groups is 2. The minimum absolute atomic E-state index is 0.0435. The van der Waals surface area contributed by atoms with Crippen LogP contribution in [0.4, 0.5) is 0 Å². The molecule has 2 aliphatic heterocycles. The lowest BCUT2D eigenvalue weighted by Gasteiger charge is -2.33. The molecule has 5 aromatic rings. The molecule has 5 aromatic carbocycles. The topological polar surface area (TPSA) is 224 Å². The first-order chi connectivity index (χ1) is 22.6. The number of nitrogens with zero attached hydrogens (tertiary/aromatic N) is 2. The predicted molar refractivity (Wildman–Crippen MR) is 171 cm³/mol. The number of carbonyl (C=O) groups excluding carboxylic acids is 4. The highest BCUT2D eigenvalue weighted by atomic mass is 79.9. The Balaban J connectivity index is 1.55.